The van der Waals surface area contributed by atoms with E-state index in [0.29, 0.717) is 11.8 Å². The Balaban J connectivity index is 1.69. The minimum atomic E-state index is 0.497. The van der Waals surface area contributed by atoms with Crippen molar-refractivity contribution < 1.29 is 0 Å². The standard InChI is InChI=1S/C40H69N2/c1-3-5-7-9-11-13-15-16-17-18-19-21-23-28-32-38(36-37-30-26-25-27-31-37)39(40-41-34-35-42-40)33-29-24-22-20-14-12-10-8-6-4-2/h25-27,30-31,34-35,38-39H,3-24,28-29,32-33,36H2,1-2H3/q+1. The molecule has 1 aliphatic rings. The Morgan fingerprint density at radius 2 is 0.857 bits per heavy atom. The average Bonchev–Trinajstić information content (AvgIpc) is 3.55. The van der Waals surface area contributed by atoms with E-state index in [2.05, 4.69) is 44.2 Å². The molecule has 0 amide bonds. The van der Waals surface area contributed by atoms with Gasteiger partial charge in [0.2, 0.25) is 6.17 Å². The summed E-state index contributed by atoms with van der Waals surface area (Å²) >= 11 is 0. The highest BCUT2D eigenvalue weighted by molar-refractivity contribution is 6.18. The molecule has 0 fully saturated rings. The number of hydrogen-bond donors (Lipinski definition) is 0. The molecule has 2 rings (SSSR count). The SMILES string of the molecule is CCCCCCCCCCCCCCCCC(Cc1ccccc1)C(CCCCCCCCCCCC)[C+]1N=CC=N1. The summed E-state index contributed by atoms with van der Waals surface area (Å²) in [6.45, 7) is 4.61. The first-order chi connectivity index (χ1) is 20.8. The number of benzene rings is 1. The van der Waals surface area contributed by atoms with Crippen LogP contribution in [-0.2, 0) is 6.42 Å². The van der Waals surface area contributed by atoms with E-state index in [1.807, 2.05) is 12.4 Å². The van der Waals surface area contributed by atoms with Gasteiger partial charge in [-0.05, 0) is 30.7 Å². The van der Waals surface area contributed by atoms with E-state index in [0.717, 1.165) is 12.6 Å². The van der Waals surface area contributed by atoms with Gasteiger partial charge in [-0.3, -0.25) is 0 Å². The third-order valence-corrected chi connectivity index (χ3v) is 9.52. The molecule has 42 heavy (non-hydrogen) atoms. The fourth-order valence-electron chi connectivity index (χ4n) is 6.83. The van der Waals surface area contributed by atoms with Gasteiger partial charge in [0, 0.05) is 0 Å². The number of nitrogens with zero attached hydrogens (tertiary/aromatic N) is 2. The third kappa shape index (κ3) is 18.9. The van der Waals surface area contributed by atoms with E-state index in [-0.39, 0.29) is 0 Å². The predicted molar refractivity (Wildman–Crippen MR) is 189 cm³/mol. The maximum Gasteiger partial charge on any atom is 0.244 e. The van der Waals surface area contributed by atoms with Crippen LogP contribution in [0.1, 0.15) is 186 Å². The summed E-state index contributed by atoms with van der Waals surface area (Å²) in [5.74, 6) is 1.14. The zero-order valence-corrected chi connectivity index (χ0v) is 28.2. The lowest BCUT2D eigenvalue weighted by molar-refractivity contribution is 0.284. The fraction of sp³-hybridized carbons (Fsp3) is 0.775. The summed E-state index contributed by atoms with van der Waals surface area (Å²) in [6, 6.07) is 11.2. The summed E-state index contributed by atoms with van der Waals surface area (Å²) in [6.07, 6.45) is 42.6. The Morgan fingerprint density at radius 1 is 0.476 bits per heavy atom. The van der Waals surface area contributed by atoms with Crippen LogP contribution in [0.3, 0.4) is 0 Å². The Bertz CT molecular complexity index is 742. The normalized spacial score (nSPS) is 14.2. The van der Waals surface area contributed by atoms with Gasteiger partial charge in [0.25, 0.3) is 0 Å². The molecule has 2 atom stereocenters. The molecular formula is C40H69N2+. The number of hydrogen-bond acceptors (Lipinski definition) is 2. The monoisotopic (exact) mass is 578 g/mol. The highest BCUT2D eigenvalue weighted by Crippen LogP contribution is 2.37. The minimum Gasteiger partial charge on any atom is -0.0965 e. The molecule has 0 spiro atoms. The second-order valence-corrected chi connectivity index (χ2v) is 13.3. The summed E-state index contributed by atoms with van der Waals surface area (Å²) in [5.41, 5.74) is 1.48. The maximum absolute atomic E-state index is 4.75. The molecule has 2 nitrogen and oxygen atoms in total. The van der Waals surface area contributed by atoms with Crippen LogP contribution < -0.4 is 0 Å². The van der Waals surface area contributed by atoms with E-state index in [4.69, 9.17) is 9.98 Å². The molecule has 0 saturated carbocycles. The van der Waals surface area contributed by atoms with Gasteiger partial charge in [0.15, 0.2) is 12.4 Å². The van der Waals surface area contributed by atoms with E-state index in [9.17, 15) is 0 Å². The van der Waals surface area contributed by atoms with Crippen molar-refractivity contribution in [3.05, 3.63) is 42.1 Å². The van der Waals surface area contributed by atoms with Crippen LogP contribution in [0.5, 0.6) is 0 Å². The largest absolute Gasteiger partial charge is 0.244 e. The number of unbranched alkanes of at least 4 members (excludes halogenated alkanes) is 22. The second kappa shape index (κ2) is 27.0. The lowest BCUT2D eigenvalue weighted by Crippen LogP contribution is -2.22. The molecule has 0 bridgehead atoms. The molecule has 2 heteroatoms. The first-order valence-corrected chi connectivity index (χ1v) is 18.8. The molecule has 2 unspecified atom stereocenters. The average molecular weight is 578 g/mol. The summed E-state index contributed by atoms with van der Waals surface area (Å²) in [5, 5.41) is 0. The Hall–Kier alpha value is -1.57. The van der Waals surface area contributed by atoms with Crippen molar-refractivity contribution in [1.82, 2.24) is 0 Å². The molecule has 238 valence electrons. The molecule has 0 aliphatic carbocycles. The minimum absolute atomic E-state index is 0.497. The molecule has 1 aromatic rings. The van der Waals surface area contributed by atoms with Crippen LogP contribution in [-0.4, -0.2) is 12.4 Å². The van der Waals surface area contributed by atoms with Crippen molar-refractivity contribution in [2.45, 2.75) is 187 Å². The van der Waals surface area contributed by atoms with Crippen LogP contribution >= 0.6 is 0 Å². The molecule has 1 heterocycles. The molecule has 0 N–H and O–H groups in total. The fourth-order valence-corrected chi connectivity index (χ4v) is 6.83. The van der Waals surface area contributed by atoms with E-state index >= 15 is 0 Å². The van der Waals surface area contributed by atoms with Gasteiger partial charge in [-0.25, -0.2) is 0 Å². The van der Waals surface area contributed by atoms with Gasteiger partial charge in [-0.15, -0.1) is 0 Å². The van der Waals surface area contributed by atoms with Gasteiger partial charge in [0.1, 0.15) is 0 Å². The predicted octanol–water partition coefficient (Wildman–Crippen LogP) is 13.3. The molecule has 0 aromatic heterocycles. The zero-order chi connectivity index (χ0) is 29.8. The van der Waals surface area contributed by atoms with Gasteiger partial charge in [-0.1, -0.05) is 208 Å². The van der Waals surface area contributed by atoms with Crippen LogP contribution in [0.25, 0.3) is 0 Å². The van der Waals surface area contributed by atoms with Crippen molar-refractivity contribution in [2.24, 2.45) is 21.8 Å². The molecular weight excluding hydrogens is 508 g/mol. The summed E-state index contributed by atoms with van der Waals surface area (Å²) in [4.78, 5) is 9.50. The molecule has 0 radical (unpaired) electrons. The number of rotatable bonds is 30. The van der Waals surface area contributed by atoms with Gasteiger partial charge >= 0.3 is 0 Å². The van der Waals surface area contributed by atoms with E-state index in [1.165, 1.54) is 173 Å². The lowest BCUT2D eigenvalue weighted by atomic mass is 9.78. The summed E-state index contributed by atoms with van der Waals surface area (Å²) in [7, 11) is 0. The smallest absolute Gasteiger partial charge is 0.0965 e. The Labute approximate surface area is 263 Å². The first-order valence-electron chi connectivity index (χ1n) is 18.8. The topological polar surface area (TPSA) is 24.7 Å². The third-order valence-electron chi connectivity index (χ3n) is 9.52. The van der Waals surface area contributed by atoms with Crippen LogP contribution in [0.15, 0.2) is 40.3 Å². The summed E-state index contributed by atoms with van der Waals surface area (Å²) < 4.78 is 0. The maximum atomic E-state index is 4.75. The number of aliphatic imine (C=N–C) groups is 2. The Kier molecular flexibility index (Phi) is 23.6. The Morgan fingerprint density at radius 3 is 1.29 bits per heavy atom. The van der Waals surface area contributed by atoms with Crippen LogP contribution in [0.4, 0.5) is 0 Å². The van der Waals surface area contributed by atoms with E-state index in [1.54, 1.807) is 0 Å². The lowest BCUT2D eigenvalue weighted by Gasteiger charge is -2.26. The highest BCUT2D eigenvalue weighted by atomic mass is 15.0. The van der Waals surface area contributed by atoms with Crippen LogP contribution in [0.2, 0.25) is 0 Å². The molecule has 1 aromatic carbocycles. The van der Waals surface area contributed by atoms with Crippen molar-refractivity contribution >= 4 is 12.4 Å². The highest BCUT2D eigenvalue weighted by Gasteiger charge is 2.35. The van der Waals surface area contributed by atoms with Crippen molar-refractivity contribution in [2.75, 3.05) is 0 Å². The van der Waals surface area contributed by atoms with Crippen molar-refractivity contribution in [3.8, 4) is 0 Å². The molecule has 1 aliphatic heterocycles. The quantitative estimate of drug-likeness (QED) is 0.0641. The van der Waals surface area contributed by atoms with Crippen molar-refractivity contribution in [3.63, 3.8) is 0 Å². The van der Waals surface area contributed by atoms with Gasteiger partial charge < -0.3 is 0 Å². The first kappa shape index (κ1) is 36.6. The molecule has 0 saturated heterocycles. The van der Waals surface area contributed by atoms with Crippen LogP contribution in [0, 0.1) is 18.0 Å². The second-order valence-electron chi connectivity index (χ2n) is 13.3. The van der Waals surface area contributed by atoms with E-state index < -0.39 is 0 Å². The van der Waals surface area contributed by atoms with Gasteiger partial charge in [-0.2, -0.15) is 0 Å². The van der Waals surface area contributed by atoms with Crippen molar-refractivity contribution in [1.29, 1.82) is 0 Å². The van der Waals surface area contributed by atoms with Gasteiger partial charge in [0.05, 0.1) is 5.92 Å². The zero-order valence-electron chi connectivity index (χ0n) is 28.2.